The Bertz CT molecular complexity index is 1640. The van der Waals surface area contributed by atoms with Crippen LogP contribution < -0.4 is 0 Å². The van der Waals surface area contributed by atoms with Crippen molar-refractivity contribution >= 4 is 22.6 Å². The molecule has 11 atom stereocenters. The van der Waals surface area contributed by atoms with Crippen LogP contribution in [0.2, 0.25) is 0 Å². The number of hydrogen-bond acceptors (Lipinski definition) is 11. The first-order valence-corrected chi connectivity index (χ1v) is 18.4. The Balaban J connectivity index is 1.22. The van der Waals surface area contributed by atoms with Gasteiger partial charge in [0.1, 0.15) is 48.8 Å². The quantitative estimate of drug-likeness (QED) is 0.224. The topological polar surface area (TPSA) is 116 Å². The third kappa shape index (κ3) is 8.19. The highest BCUT2D eigenvalue weighted by atomic mass is 127. The van der Waals surface area contributed by atoms with Crippen molar-refractivity contribution in [3.63, 3.8) is 0 Å². The van der Waals surface area contributed by atoms with Gasteiger partial charge in [-0.15, -0.1) is 0 Å². The van der Waals surface area contributed by atoms with Gasteiger partial charge in [-0.1, -0.05) is 78.9 Å². The van der Waals surface area contributed by atoms with E-state index in [-0.39, 0.29) is 26.2 Å². The minimum absolute atomic E-state index is 0.0687. The van der Waals surface area contributed by atoms with Crippen LogP contribution in [-0.4, -0.2) is 86.7 Å². The van der Waals surface area contributed by atoms with Gasteiger partial charge in [-0.3, -0.25) is 0 Å². The molecule has 7 rings (SSSR count). The molecule has 4 fully saturated rings. The molecule has 0 N–H and O–H groups in total. The van der Waals surface area contributed by atoms with Gasteiger partial charge in [0.25, 0.3) is 5.79 Å². The summed E-state index contributed by atoms with van der Waals surface area (Å²) in [5, 5.41) is 10.6. The summed E-state index contributed by atoms with van der Waals surface area (Å²) in [5.41, 5.74) is 2.87. The van der Waals surface area contributed by atoms with E-state index < -0.39 is 73.0 Å². The molecule has 0 radical (unpaired) electrons. The zero-order valence-electron chi connectivity index (χ0n) is 29.1. The lowest BCUT2D eigenvalue weighted by Crippen LogP contribution is -2.68. The molecule has 4 aliphatic rings. The molecule has 3 aromatic carbocycles. The molecule has 51 heavy (non-hydrogen) atoms. The molecule has 12 heteroatoms. The van der Waals surface area contributed by atoms with Crippen molar-refractivity contribution in [2.24, 2.45) is 0 Å². The van der Waals surface area contributed by atoms with Crippen LogP contribution in [0.15, 0.2) is 84.9 Å². The van der Waals surface area contributed by atoms with Gasteiger partial charge in [-0.25, -0.2) is 0 Å². The van der Waals surface area contributed by atoms with Gasteiger partial charge >= 0.3 is 0 Å². The molecule has 0 spiro atoms. The Morgan fingerprint density at radius 2 is 1.39 bits per heavy atom. The number of methoxy groups -OCH3 is 1. The minimum atomic E-state index is -1.58. The highest BCUT2D eigenvalue weighted by Gasteiger charge is 2.59. The van der Waals surface area contributed by atoms with E-state index in [4.69, 9.17) is 47.4 Å². The monoisotopic (exact) mass is 813 g/mol. The first-order valence-electron chi connectivity index (χ1n) is 17.3. The highest BCUT2D eigenvalue weighted by molar-refractivity contribution is 14.1. The van der Waals surface area contributed by atoms with Gasteiger partial charge in [0.15, 0.2) is 18.4 Å². The summed E-state index contributed by atoms with van der Waals surface area (Å²) >= 11 is 2.26. The van der Waals surface area contributed by atoms with Crippen LogP contribution in [0.1, 0.15) is 37.5 Å². The predicted molar refractivity (Wildman–Crippen MR) is 191 cm³/mol. The summed E-state index contributed by atoms with van der Waals surface area (Å²) in [6.45, 7) is 6.21. The average molecular weight is 814 g/mol. The summed E-state index contributed by atoms with van der Waals surface area (Å²) in [5.74, 6) is -2.46. The number of hydrogen-bond donors (Lipinski definition) is 0. The Hall–Kier alpha value is -2.52. The fraction of sp³-hybridized carbons (Fsp3) is 0.513. The average Bonchev–Trinajstić information content (AvgIpc) is 3.47. The number of ether oxygens (including phenoxy) is 10. The normalized spacial score (nSPS) is 35.8. The molecule has 4 heterocycles. The van der Waals surface area contributed by atoms with Crippen LogP contribution >= 0.6 is 22.6 Å². The maximum atomic E-state index is 10.6. The Kier molecular flexibility index (Phi) is 11.4. The summed E-state index contributed by atoms with van der Waals surface area (Å²) in [6, 6.07) is 30.0. The Labute approximate surface area is 312 Å². The lowest BCUT2D eigenvalue weighted by molar-refractivity contribution is -0.398. The second kappa shape index (κ2) is 15.8. The molecule has 11 nitrogen and oxygen atoms in total. The lowest BCUT2D eigenvalue weighted by atomic mass is 9.94. The molecule has 4 aliphatic heterocycles. The van der Waals surface area contributed by atoms with E-state index in [1.54, 1.807) is 7.11 Å². The Morgan fingerprint density at radius 3 is 2.04 bits per heavy atom. The number of benzene rings is 3. The van der Waals surface area contributed by atoms with Crippen molar-refractivity contribution in [3.8, 4) is 6.07 Å². The standard InChI is InChI=1S/C39H44INO10/c1-24-30(33-35(36(42-4)46-24)50-38(2,3)49-33)48-37-34(44-21-26-15-9-6-10-16-26)32(43-20-25-13-7-5-8-14-25)31-29(47-37)22-45-39(23-41,51-31)19-27-17-11-12-18-28(27)40/h5-18,24,29-37H,19-22H2,1-4H3/t24-,29-,30-,31-,32+,33+,34+,35+,36+,37+,39?/m1/s1. The predicted octanol–water partition coefficient (Wildman–Crippen LogP) is 5.66. The van der Waals surface area contributed by atoms with Crippen LogP contribution in [0.5, 0.6) is 0 Å². The number of halogens is 1. The zero-order chi connectivity index (χ0) is 35.6. The van der Waals surface area contributed by atoms with E-state index in [2.05, 4.69) is 28.7 Å². The van der Waals surface area contributed by atoms with E-state index in [1.807, 2.05) is 106 Å². The smallest absolute Gasteiger partial charge is 0.264 e. The molecule has 4 saturated heterocycles. The lowest BCUT2D eigenvalue weighted by Gasteiger charge is -2.51. The van der Waals surface area contributed by atoms with Gasteiger partial charge in [-0.05, 0) is 66.1 Å². The van der Waals surface area contributed by atoms with E-state index in [1.165, 1.54) is 0 Å². The van der Waals surface area contributed by atoms with Crippen LogP contribution in [-0.2, 0) is 67.0 Å². The van der Waals surface area contributed by atoms with E-state index in [0.29, 0.717) is 0 Å². The van der Waals surface area contributed by atoms with E-state index in [0.717, 1.165) is 20.3 Å². The van der Waals surface area contributed by atoms with Gasteiger partial charge in [0, 0.05) is 17.1 Å². The largest absolute Gasteiger partial charge is 0.368 e. The molecule has 0 aliphatic carbocycles. The maximum absolute atomic E-state index is 10.6. The number of nitrogens with zero attached hydrogens (tertiary/aromatic N) is 1. The van der Waals surface area contributed by atoms with Gasteiger partial charge in [-0.2, -0.15) is 5.26 Å². The number of fused-ring (bicyclic) bond motifs is 2. The van der Waals surface area contributed by atoms with Crippen molar-refractivity contribution in [1.29, 1.82) is 5.26 Å². The first-order chi connectivity index (χ1) is 24.7. The second-order valence-corrected chi connectivity index (χ2v) is 14.9. The third-order valence-corrected chi connectivity index (χ3v) is 10.7. The van der Waals surface area contributed by atoms with E-state index >= 15 is 0 Å². The van der Waals surface area contributed by atoms with Crippen molar-refractivity contribution in [3.05, 3.63) is 105 Å². The van der Waals surface area contributed by atoms with Gasteiger partial charge < -0.3 is 47.4 Å². The second-order valence-electron chi connectivity index (χ2n) is 13.7. The fourth-order valence-electron chi connectivity index (χ4n) is 7.17. The van der Waals surface area contributed by atoms with Crippen molar-refractivity contribution in [1.82, 2.24) is 0 Å². The molecule has 1 unspecified atom stereocenters. The minimum Gasteiger partial charge on any atom is -0.368 e. The zero-order valence-corrected chi connectivity index (χ0v) is 31.2. The summed E-state index contributed by atoms with van der Waals surface area (Å²) in [7, 11) is 1.58. The van der Waals surface area contributed by atoms with Crippen molar-refractivity contribution in [2.45, 2.75) is 113 Å². The molecular weight excluding hydrogens is 769 g/mol. The molecule has 3 aromatic rings. The molecule has 0 amide bonds. The number of nitriles is 1. The van der Waals surface area contributed by atoms with E-state index in [9.17, 15) is 5.26 Å². The summed E-state index contributed by atoms with van der Waals surface area (Å²) < 4.78 is 65.5. The molecular formula is C39H44INO10. The Morgan fingerprint density at radius 1 is 0.765 bits per heavy atom. The van der Waals surface area contributed by atoms with Crippen molar-refractivity contribution in [2.75, 3.05) is 13.7 Å². The first kappa shape index (κ1) is 36.8. The van der Waals surface area contributed by atoms with Crippen molar-refractivity contribution < 1.29 is 47.4 Å². The van der Waals surface area contributed by atoms with Gasteiger partial charge in [0.05, 0.1) is 25.9 Å². The third-order valence-electron chi connectivity index (χ3n) is 9.61. The van der Waals surface area contributed by atoms with Crippen LogP contribution in [0.25, 0.3) is 0 Å². The molecule has 272 valence electrons. The van der Waals surface area contributed by atoms with Crippen LogP contribution in [0.3, 0.4) is 0 Å². The maximum Gasteiger partial charge on any atom is 0.264 e. The summed E-state index contributed by atoms with van der Waals surface area (Å²) in [4.78, 5) is 0. The summed E-state index contributed by atoms with van der Waals surface area (Å²) in [6.07, 6.45) is -6.42. The van der Waals surface area contributed by atoms with Gasteiger partial charge in [0.2, 0.25) is 0 Å². The molecule has 0 bridgehead atoms. The fourth-order valence-corrected chi connectivity index (χ4v) is 7.74. The van der Waals surface area contributed by atoms with Crippen LogP contribution in [0, 0.1) is 14.9 Å². The molecule has 0 saturated carbocycles. The number of rotatable bonds is 11. The highest BCUT2D eigenvalue weighted by Crippen LogP contribution is 2.42. The SMILES string of the molecule is CO[C@H]1O[C@H](C)[C@@H](O[C@@H]2O[C@@H]3COC(C#N)(Cc4ccccc4I)O[C@H]3[C@H](OCc3ccccc3)[C@@H]2OCc2ccccc2)[C@@H]2OC(C)(C)O[C@H]12. The van der Waals surface area contributed by atoms with Crippen LogP contribution in [0.4, 0.5) is 0 Å². The molecule has 0 aromatic heterocycles.